The maximum atomic E-state index is 12.6. The molecule has 1 aromatic rings. The maximum Gasteiger partial charge on any atom is 0.324 e. The molecule has 2 heterocycles. The minimum Gasteiger partial charge on any atom is -0.464 e. The molecule has 1 saturated heterocycles. The number of sulfonamides is 1. The van der Waals surface area contributed by atoms with E-state index in [1.165, 1.54) is 15.6 Å². The van der Waals surface area contributed by atoms with E-state index < -0.39 is 22.0 Å². The smallest absolute Gasteiger partial charge is 0.324 e. The highest BCUT2D eigenvalue weighted by atomic mass is 32.2. The summed E-state index contributed by atoms with van der Waals surface area (Å²) in [5, 5.41) is 1.73. The van der Waals surface area contributed by atoms with Gasteiger partial charge in [0.05, 0.1) is 6.61 Å². The van der Waals surface area contributed by atoms with Gasteiger partial charge < -0.3 is 4.74 Å². The standard InChI is InChI=1S/C16H21NO4S2/c18-16(21-12-13-6-2-1-3-7-13)14-8-4-10-17(14)23(19,20)15-9-5-11-22-15/h1-2,5,9,11,13-14H,3-4,6-8,10,12H2. The zero-order valence-corrected chi connectivity index (χ0v) is 14.5. The maximum absolute atomic E-state index is 12.6. The number of thiophene rings is 1. The molecule has 0 spiro atoms. The Morgan fingerprint density at radius 1 is 1.35 bits per heavy atom. The lowest BCUT2D eigenvalue weighted by atomic mass is 9.95. The molecule has 3 rings (SSSR count). The molecule has 0 bridgehead atoms. The Hall–Kier alpha value is -1.18. The number of hydrogen-bond donors (Lipinski definition) is 0. The first kappa shape index (κ1) is 16.7. The van der Waals surface area contributed by atoms with Gasteiger partial charge in [0.25, 0.3) is 10.0 Å². The summed E-state index contributed by atoms with van der Waals surface area (Å²) in [4.78, 5) is 12.4. The highest BCUT2D eigenvalue weighted by Gasteiger charge is 2.40. The van der Waals surface area contributed by atoms with Crippen LogP contribution in [0.25, 0.3) is 0 Å². The molecular formula is C16H21NO4S2. The van der Waals surface area contributed by atoms with Gasteiger partial charge in [-0.3, -0.25) is 4.79 Å². The quantitative estimate of drug-likeness (QED) is 0.602. The summed E-state index contributed by atoms with van der Waals surface area (Å²) >= 11 is 1.18. The van der Waals surface area contributed by atoms with E-state index in [1.807, 2.05) is 0 Å². The van der Waals surface area contributed by atoms with Gasteiger partial charge in [0.1, 0.15) is 10.3 Å². The van der Waals surface area contributed by atoms with E-state index in [9.17, 15) is 13.2 Å². The van der Waals surface area contributed by atoms with Crippen LogP contribution in [0.1, 0.15) is 32.1 Å². The summed E-state index contributed by atoms with van der Waals surface area (Å²) in [7, 11) is -3.59. The minimum absolute atomic E-state index is 0.287. The first-order chi connectivity index (χ1) is 11.1. The summed E-state index contributed by atoms with van der Waals surface area (Å²) < 4.78 is 32.3. The van der Waals surface area contributed by atoms with E-state index in [4.69, 9.17) is 4.74 Å². The van der Waals surface area contributed by atoms with Gasteiger partial charge >= 0.3 is 5.97 Å². The predicted molar refractivity (Wildman–Crippen MR) is 88.7 cm³/mol. The number of rotatable bonds is 5. The molecule has 5 nitrogen and oxygen atoms in total. The molecule has 0 N–H and O–H groups in total. The summed E-state index contributed by atoms with van der Waals surface area (Å²) in [6.45, 7) is 0.763. The van der Waals surface area contributed by atoms with Crippen LogP contribution in [0, 0.1) is 5.92 Å². The third kappa shape index (κ3) is 3.67. The third-order valence-electron chi connectivity index (χ3n) is 4.37. The van der Waals surface area contributed by atoms with Crippen LogP contribution in [0.4, 0.5) is 0 Å². The number of hydrogen-bond acceptors (Lipinski definition) is 5. The Bertz CT molecular complexity index is 666. The van der Waals surface area contributed by atoms with E-state index in [-0.39, 0.29) is 4.21 Å². The molecule has 1 fully saturated rings. The van der Waals surface area contributed by atoms with E-state index in [0.717, 1.165) is 19.3 Å². The Kier molecular flexibility index (Phi) is 5.18. The molecule has 0 aromatic carbocycles. The zero-order chi connectivity index (χ0) is 16.3. The van der Waals surface area contributed by atoms with Gasteiger partial charge in [0.15, 0.2) is 0 Å². The average molecular weight is 355 g/mol. The molecule has 7 heteroatoms. The lowest BCUT2D eigenvalue weighted by Crippen LogP contribution is -2.41. The zero-order valence-electron chi connectivity index (χ0n) is 12.9. The minimum atomic E-state index is -3.59. The van der Waals surface area contributed by atoms with Gasteiger partial charge in [-0.05, 0) is 49.5 Å². The van der Waals surface area contributed by atoms with E-state index >= 15 is 0 Å². The lowest BCUT2D eigenvalue weighted by Gasteiger charge is -2.23. The van der Waals surface area contributed by atoms with Crippen molar-refractivity contribution in [2.75, 3.05) is 13.2 Å². The molecule has 1 aliphatic carbocycles. The number of carbonyl (C=O) groups excluding carboxylic acids is 1. The predicted octanol–water partition coefficient (Wildman–Crippen LogP) is 2.80. The van der Waals surface area contributed by atoms with Crippen molar-refractivity contribution < 1.29 is 17.9 Å². The molecule has 126 valence electrons. The molecule has 2 aliphatic rings. The van der Waals surface area contributed by atoms with Crippen molar-refractivity contribution in [1.29, 1.82) is 0 Å². The van der Waals surface area contributed by atoms with Gasteiger partial charge in [0, 0.05) is 6.54 Å². The molecular weight excluding hydrogens is 334 g/mol. The third-order valence-corrected chi connectivity index (χ3v) is 7.65. The van der Waals surface area contributed by atoms with Crippen LogP contribution in [-0.4, -0.2) is 37.9 Å². The van der Waals surface area contributed by atoms with Crippen LogP contribution in [0.3, 0.4) is 0 Å². The second kappa shape index (κ2) is 7.15. The van der Waals surface area contributed by atoms with Crippen molar-refractivity contribution in [3.8, 4) is 0 Å². The number of carbonyl (C=O) groups is 1. The van der Waals surface area contributed by atoms with Crippen molar-refractivity contribution in [2.24, 2.45) is 5.92 Å². The topological polar surface area (TPSA) is 63.7 Å². The largest absolute Gasteiger partial charge is 0.464 e. The van der Waals surface area contributed by atoms with Crippen LogP contribution in [0.2, 0.25) is 0 Å². The molecule has 1 aromatic heterocycles. The van der Waals surface area contributed by atoms with Crippen LogP contribution in [-0.2, 0) is 19.6 Å². The van der Waals surface area contributed by atoms with Gasteiger partial charge in [-0.25, -0.2) is 8.42 Å². The van der Waals surface area contributed by atoms with Crippen molar-refractivity contribution in [2.45, 2.75) is 42.4 Å². The Balaban J connectivity index is 1.64. The fourth-order valence-electron chi connectivity index (χ4n) is 3.09. The van der Waals surface area contributed by atoms with Crippen LogP contribution in [0.15, 0.2) is 33.9 Å². The summed E-state index contributed by atoms with van der Waals surface area (Å²) in [5.74, 6) is -0.0510. The van der Waals surface area contributed by atoms with Crippen LogP contribution >= 0.6 is 11.3 Å². The van der Waals surface area contributed by atoms with Crippen LogP contribution < -0.4 is 0 Å². The molecule has 0 amide bonds. The SMILES string of the molecule is O=C(OCC1CC=CCC1)C1CCCN1S(=O)(=O)c1cccs1. The second-order valence-electron chi connectivity index (χ2n) is 5.99. The summed E-state index contributed by atoms with van der Waals surface area (Å²) in [6.07, 6.45) is 8.45. The molecule has 23 heavy (non-hydrogen) atoms. The van der Waals surface area contributed by atoms with Crippen molar-refractivity contribution >= 4 is 27.3 Å². The van der Waals surface area contributed by atoms with Crippen molar-refractivity contribution in [1.82, 2.24) is 4.31 Å². The molecule has 2 unspecified atom stereocenters. The fourth-order valence-corrected chi connectivity index (χ4v) is 5.86. The highest BCUT2D eigenvalue weighted by Crippen LogP contribution is 2.29. The van der Waals surface area contributed by atoms with E-state index in [2.05, 4.69) is 12.2 Å². The lowest BCUT2D eigenvalue weighted by molar-refractivity contribution is -0.148. The number of ether oxygens (including phenoxy) is 1. The molecule has 0 saturated carbocycles. The summed E-state index contributed by atoms with van der Waals surface area (Å²) in [5.41, 5.74) is 0. The molecule has 0 radical (unpaired) electrons. The number of esters is 1. The van der Waals surface area contributed by atoms with E-state index in [0.29, 0.717) is 31.9 Å². The van der Waals surface area contributed by atoms with Gasteiger partial charge in [-0.15, -0.1) is 11.3 Å². The fraction of sp³-hybridized carbons (Fsp3) is 0.562. The molecule has 2 atom stereocenters. The first-order valence-electron chi connectivity index (χ1n) is 7.96. The van der Waals surface area contributed by atoms with Gasteiger partial charge in [-0.1, -0.05) is 18.2 Å². The number of nitrogens with zero attached hydrogens (tertiary/aromatic N) is 1. The first-order valence-corrected chi connectivity index (χ1v) is 10.3. The van der Waals surface area contributed by atoms with Crippen molar-refractivity contribution in [3.63, 3.8) is 0 Å². The second-order valence-corrected chi connectivity index (χ2v) is 9.05. The summed E-state index contributed by atoms with van der Waals surface area (Å²) in [6, 6.07) is 2.60. The highest BCUT2D eigenvalue weighted by molar-refractivity contribution is 7.91. The van der Waals surface area contributed by atoms with Crippen LogP contribution in [0.5, 0.6) is 0 Å². The Morgan fingerprint density at radius 3 is 2.91 bits per heavy atom. The van der Waals surface area contributed by atoms with E-state index in [1.54, 1.807) is 17.5 Å². The normalized spacial score (nSPS) is 25.6. The number of allylic oxidation sites excluding steroid dienone is 2. The van der Waals surface area contributed by atoms with Crippen molar-refractivity contribution in [3.05, 3.63) is 29.7 Å². The Morgan fingerprint density at radius 2 is 2.22 bits per heavy atom. The van der Waals surface area contributed by atoms with Gasteiger partial charge in [0.2, 0.25) is 0 Å². The monoisotopic (exact) mass is 355 g/mol. The Labute approximate surface area is 141 Å². The van der Waals surface area contributed by atoms with Gasteiger partial charge in [-0.2, -0.15) is 4.31 Å². The molecule has 1 aliphatic heterocycles. The average Bonchev–Trinajstić information content (AvgIpc) is 3.25.